The molecule has 2 heterocycles. The third-order valence-corrected chi connectivity index (χ3v) is 3.84. The normalized spacial score (nSPS) is 22.1. The molecule has 94 valence electrons. The molecule has 2 rings (SSSR count). The number of hydrogen-bond acceptors (Lipinski definition) is 4. The summed E-state index contributed by atoms with van der Waals surface area (Å²) in [5, 5.41) is 0. The van der Waals surface area contributed by atoms with Crippen LogP contribution in [0.1, 0.15) is 25.0 Å². The summed E-state index contributed by atoms with van der Waals surface area (Å²) in [5.74, 6) is 0.610. The van der Waals surface area contributed by atoms with Gasteiger partial charge in [0.2, 0.25) is 5.88 Å². The number of rotatable bonds is 4. The number of halogens is 1. The van der Waals surface area contributed by atoms with Crippen molar-refractivity contribution in [2.45, 2.75) is 36.6 Å². The first-order valence-corrected chi connectivity index (χ1v) is 6.81. The van der Waals surface area contributed by atoms with Crippen LogP contribution in [0.15, 0.2) is 12.4 Å². The Kier molecular flexibility index (Phi) is 4.74. The van der Waals surface area contributed by atoms with Gasteiger partial charge in [0.05, 0.1) is 13.2 Å². The van der Waals surface area contributed by atoms with Crippen LogP contribution in [-0.4, -0.2) is 34.6 Å². The van der Waals surface area contributed by atoms with E-state index in [-0.39, 0.29) is 0 Å². The monoisotopic (exact) mass is 300 g/mol. The first-order valence-electron chi connectivity index (χ1n) is 5.90. The molecule has 1 aliphatic rings. The minimum Gasteiger partial charge on any atom is -0.481 e. The average molecular weight is 301 g/mol. The molecule has 1 aliphatic heterocycles. The Hall–Kier alpha value is -0.680. The molecule has 1 aromatic heterocycles. The van der Waals surface area contributed by atoms with Crippen LogP contribution in [-0.2, 0) is 11.2 Å². The highest BCUT2D eigenvalue weighted by atomic mass is 79.9. The van der Waals surface area contributed by atoms with Gasteiger partial charge in [-0.2, -0.15) is 0 Å². The van der Waals surface area contributed by atoms with E-state index in [2.05, 4.69) is 25.9 Å². The molecule has 17 heavy (non-hydrogen) atoms. The van der Waals surface area contributed by atoms with Gasteiger partial charge in [0.25, 0.3) is 0 Å². The van der Waals surface area contributed by atoms with E-state index < -0.39 is 0 Å². The van der Waals surface area contributed by atoms with Crippen LogP contribution in [0, 0.1) is 0 Å². The largest absolute Gasteiger partial charge is 0.481 e. The topological polar surface area (TPSA) is 44.2 Å². The molecular formula is C12H17BrN2O2. The number of ether oxygens (including phenoxy) is 2. The number of aromatic nitrogens is 2. The van der Waals surface area contributed by atoms with E-state index in [1.165, 1.54) is 19.2 Å². The summed E-state index contributed by atoms with van der Waals surface area (Å²) in [6, 6.07) is 1.87. The van der Waals surface area contributed by atoms with Crippen LogP contribution in [0.4, 0.5) is 0 Å². The highest BCUT2D eigenvalue weighted by molar-refractivity contribution is 9.09. The van der Waals surface area contributed by atoms with Crippen LogP contribution >= 0.6 is 15.9 Å². The lowest BCUT2D eigenvalue weighted by atomic mass is 10.0. The molecule has 0 spiro atoms. The van der Waals surface area contributed by atoms with Crippen LogP contribution in [0.2, 0.25) is 0 Å². The van der Waals surface area contributed by atoms with E-state index in [4.69, 9.17) is 9.47 Å². The minimum absolute atomic E-state index is 0.296. The van der Waals surface area contributed by atoms with E-state index in [1.807, 2.05) is 6.07 Å². The van der Waals surface area contributed by atoms with Gasteiger partial charge in [-0.05, 0) is 19.3 Å². The Morgan fingerprint density at radius 3 is 3.12 bits per heavy atom. The molecule has 0 bridgehead atoms. The van der Waals surface area contributed by atoms with Crippen LogP contribution < -0.4 is 4.74 Å². The van der Waals surface area contributed by atoms with Gasteiger partial charge in [0.1, 0.15) is 6.33 Å². The number of alkyl halides is 1. The summed E-state index contributed by atoms with van der Waals surface area (Å²) < 4.78 is 10.8. The Balaban J connectivity index is 1.94. The predicted octanol–water partition coefficient (Wildman–Crippen LogP) is 2.36. The third-order valence-electron chi connectivity index (χ3n) is 2.93. The van der Waals surface area contributed by atoms with Crippen molar-refractivity contribution in [3.05, 3.63) is 18.1 Å². The zero-order valence-corrected chi connectivity index (χ0v) is 11.5. The van der Waals surface area contributed by atoms with Gasteiger partial charge >= 0.3 is 0 Å². The molecule has 0 radical (unpaired) electrons. The van der Waals surface area contributed by atoms with Crippen molar-refractivity contribution in [3.8, 4) is 5.88 Å². The Labute approximate surface area is 110 Å². The van der Waals surface area contributed by atoms with E-state index in [9.17, 15) is 0 Å². The lowest BCUT2D eigenvalue weighted by molar-refractivity contribution is 0.0163. The van der Waals surface area contributed by atoms with Crippen molar-refractivity contribution in [1.82, 2.24) is 9.97 Å². The zero-order chi connectivity index (χ0) is 12.1. The molecule has 0 N–H and O–H groups in total. The second-order valence-corrected chi connectivity index (χ2v) is 5.35. The van der Waals surface area contributed by atoms with Gasteiger partial charge < -0.3 is 9.47 Å². The fourth-order valence-corrected chi connectivity index (χ4v) is 2.73. The summed E-state index contributed by atoms with van der Waals surface area (Å²) in [6.45, 7) is 0.875. The molecular weight excluding hydrogens is 284 g/mol. The Morgan fingerprint density at radius 2 is 2.41 bits per heavy atom. The molecule has 4 nitrogen and oxygen atoms in total. The maximum atomic E-state index is 5.75. The Bertz CT molecular complexity index is 356. The summed E-state index contributed by atoms with van der Waals surface area (Å²) in [5.41, 5.74) is 0.980. The lowest BCUT2D eigenvalue weighted by Gasteiger charge is -2.26. The SMILES string of the molecule is COc1cc(CC(Br)C2CCCCO2)ncn1. The van der Waals surface area contributed by atoms with Gasteiger partial charge in [-0.15, -0.1) is 0 Å². The van der Waals surface area contributed by atoms with E-state index in [1.54, 1.807) is 7.11 Å². The van der Waals surface area contributed by atoms with Gasteiger partial charge in [-0.25, -0.2) is 9.97 Å². The summed E-state index contributed by atoms with van der Waals surface area (Å²) in [4.78, 5) is 8.55. The molecule has 0 saturated carbocycles. The highest BCUT2D eigenvalue weighted by Crippen LogP contribution is 2.23. The summed E-state index contributed by atoms with van der Waals surface area (Å²) in [6.07, 6.45) is 6.22. The number of methoxy groups -OCH3 is 1. The smallest absolute Gasteiger partial charge is 0.216 e. The van der Waals surface area contributed by atoms with Crippen molar-refractivity contribution in [2.75, 3.05) is 13.7 Å². The second kappa shape index (κ2) is 6.31. The Morgan fingerprint density at radius 1 is 1.53 bits per heavy atom. The average Bonchev–Trinajstić information content (AvgIpc) is 2.40. The quantitative estimate of drug-likeness (QED) is 0.801. The second-order valence-electron chi connectivity index (χ2n) is 4.18. The molecule has 2 atom stereocenters. The third kappa shape index (κ3) is 3.64. The van der Waals surface area contributed by atoms with Crippen LogP contribution in [0.25, 0.3) is 0 Å². The standard InChI is InChI=1S/C12H17BrN2O2/c1-16-12-7-9(14-8-15-12)6-10(13)11-4-2-3-5-17-11/h7-8,10-11H,2-6H2,1H3. The summed E-state index contributed by atoms with van der Waals surface area (Å²) >= 11 is 3.70. The molecule has 1 fully saturated rings. The predicted molar refractivity (Wildman–Crippen MR) is 68.6 cm³/mol. The van der Waals surface area contributed by atoms with E-state index in [0.717, 1.165) is 25.1 Å². The van der Waals surface area contributed by atoms with Crippen molar-refractivity contribution >= 4 is 15.9 Å². The maximum Gasteiger partial charge on any atom is 0.216 e. The highest BCUT2D eigenvalue weighted by Gasteiger charge is 2.22. The van der Waals surface area contributed by atoms with Crippen molar-refractivity contribution < 1.29 is 9.47 Å². The van der Waals surface area contributed by atoms with Crippen molar-refractivity contribution in [2.24, 2.45) is 0 Å². The first kappa shape index (κ1) is 12.8. The molecule has 1 aromatic rings. The van der Waals surface area contributed by atoms with Gasteiger partial charge in [-0.3, -0.25) is 0 Å². The fourth-order valence-electron chi connectivity index (χ4n) is 1.98. The molecule has 2 unspecified atom stereocenters. The summed E-state index contributed by atoms with van der Waals surface area (Å²) in [7, 11) is 1.61. The fraction of sp³-hybridized carbons (Fsp3) is 0.667. The van der Waals surface area contributed by atoms with Gasteiger partial charge in [0, 0.05) is 29.6 Å². The lowest BCUT2D eigenvalue weighted by Crippen LogP contribution is -2.29. The van der Waals surface area contributed by atoms with Gasteiger partial charge in [-0.1, -0.05) is 15.9 Å². The molecule has 5 heteroatoms. The van der Waals surface area contributed by atoms with E-state index >= 15 is 0 Å². The minimum atomic E-state index is 0.296. The number of hydrogen-bond donors (Lipinski definition) is 0. The molecule has 0 amide bonds. The van der Waals surface area contributed by atoms with Crippen molar-refractivity contribution in [1.29, 1.82) is 0 Å². The van der Waals surface area contributed by atoms with Crippen molar-refractivity contribution in [3.63, 3.8) is 0 Å². The molecule has 0 aromatic carbocycles. The first-order chi connectivity index (χ1) is 8.29. The molecule has 1 saturated heterocycles. The zero-order valence-electron chi connectivity index (χ0n) is 9.93. The number of nitrogens with zero attached hydrogens (tertiary/aromatic N) is 2. The molecule has 0 aliphatic carbocycles. The van der Waals surface area contributed by atoms with Gasteiger partial charge in [0.15, 0.2) is 0 Å². The van der Waals surface area contributed by atoms with Crippen LogP contribution in [0.3, 0.4) is 0 Å². The maximum absolute atomic E-state index is 5.75. The van der Waals surface area contributed by atoms with E-state index in [0.29, 0.717) is 16.8 Å². The van der Waals surface area contributed by atoms with Crippen LogP contribution in [0.5, 0.6) is 5.88 Å².